The Morgan fingerprint density at radius 2 is 1.89 bits per heavy atom. The first kappa shape index (κ1) is 17.9. The molecule has 0 unspecified atom stereocenters. The molecule has 1 saturated heterocycles. The monoisotopic (exact) mass is 376 g/mol. The largest absolute Gasteiger partial charge is 0.508 e. The molecule has 0 spiro atoms. The molecule has 2 aliphatic carbocycles. The molecule has 0 amide bonds. The van der Waals surface area contributed by atoms with Crippen molar-refractivity contribution in [3.63, 3.8) is 0 Å². The Balaban J connectivity index is 1.51. The average Bonchev–Trinajstić information content (AvgIpc) is 2.69. The number of hydrogen-bond donors (Lipinski definition) is 2. The molecule has 1 saturated carbocycles. The van der Waals surface area contributed by atoms with Crippen molar-refractivity contribution in [2.24, 2.45) is 5.92 Å². The van der Waals surface area contributed by atoms with Gasteiger partial charge in [-0.1, -0.05) is 18.9 Å². The van der Waals surface area contributed by atoms with Gasteiger partial charge in [-0.25, -0.2) is 0 Å². The number of aromatic hydroxyl groups is 1. The van der Waals surface area contributed by atoms with E-state index in [-0.39, 0.29) is 5.41 Å². The topological polar surface area (TPSA) is 35.5 Å². The van der Waals surface area contributed by atoms with E-state index in [0.717, 1.165) is 13.0 Å². The summed E-state index contributed by atoms with van der Waals surface area (Å²) in [7, 11) is 0. The van der Waals surface area contributed by atoms with Crippen molar-refractivity contribution in [3.8, 4) is 5.75 Å². The summed E-state index contributed by atoms with van der Waals surface area (Å²) < 4.78 is 0. The number of phenols is 1. The summed E-state index contributed by atoms with van der Waals surface area (Å²) in [6.07, 6.45) is 7.60. The Hall–Kier alpha value is -2.16. The highest BCUT2D eigenvalue weighted by Crippen LogP contribution is 2.56. The average molecular weight is 377 g/mol. The molecule has 2 aromatic carbocycles. The second kappa shape index (κ2) is 6.72. The van der Waals surface area contributed by atoms with E-state index in [1.165, 1.54) is 54.6 Å². The summed E-state index contributed by atoms with van der Waals surface area (Å²) in [5, 5.41) is 13.7. The molecule has 148 valence electrons. The van der Waals surface area contributed by atoms with Crippen LogP contribution in [0.25, 0.3) is 0 Å². The first-order chi connectivity index (χ1) is 13.6. The molecule has 3 nitrogen and oxygen atoms in total. The molecule has 5 rings (SSSR count). The van der Waals surface area contributed by atoms with Crippen LogP contribution in [0.4, 0.5) is 11.4 Å². The van der Waals surface area contributed by atoms with Gasteiger partial charge in [-0.05, 0) is 93.0 Å². The van der Waals surface area contributed by atoms with Gasteiger partial charge < -0.3 is 15.3 Å². The van der Waals surface area contributed by atoms with Crippen molar-refractivity contribution in [2.45, 2.75) is 69.9 Å². The first-order valence-corrected chi connectivity index (χ1v) is 11.0. The van der Waals surface area contributed by atoms with Gasteiger partial charge in [0.15, 0.2) is 0 Å². The van der Waals surface area contributed by atoms with Crippen LogP contribution in [0.3, 0.4) is 0 Å². The second-order valence-electron chi connectivity index (χ2n) is 9.41. The van der Waals surface area contributed by atoms with Gasteiger partial charge in [0.05, 0.1) is 0 Å². The molecule has 3 atom stereocenters. The summed E-state index contributed by atoms with van der Waals surface area (Å²) in [6.45, 7) is 5.48. The number of hydrogen-bond acceptors (Lipinski definition) is 3. The lowest BCUT2D eigenvalue weighted by Crippen LogP contribution is -2.61. The number of benzene rings is 2. The van der Waals surface area contributed by atoms with Gasteiger partial charge in [-0.15, -0.1) is 0 Å². The van der Waals surface area contributed by atoms with Crippen molar-refractivity contribution >= 4 is 11.4 Å². The van der Waals surface area contributed by atoms with E-state index in [1.54, 1.807) is 0 Å². The summed E-state index contributed by atoms with van der Waals surface area (Å²) in [5.74, 6) is 1.14. The Morgan fingerprint density at radius 3 is 2.68 bits per heavy atom. The van der Waals surface area contributed by atoms with E-state index in [4.69, 9.17) is 0 Å². The van der Waals surface area contributed by atoms with E-state index < -0.39 is 0 Å². The lowest BCUT2D eigenvalue weighted by molar-refractivity contribution is 0.0983. The zero-order chi connectivity index (χ0) is 19.3. The SMILES string of the molecule is CC(C)Nc1ccc(N2CC[C@@]34CCCC[C@@H]3[C@@H]2Cc2ccc(O)cc24)cc1. The van der Waals surface area contributed by atoms with Crippen LogP contribution < -0.4 is 10.2 Å². The van der Waals surface area contributed by atoms with Crippen LogP contribution in [0.5, 0.6) is 5.75 Å². The fourth-order valence-electron chi connectivity index (χ4n) is 6.40. The van der Waals surface area contributed by atoms with Crippen molar-refractivity contribution in [1.82, 2.24) is 0 Å². The summed E-state index contributed by atoms with van der Waals surface area (Å²) in [5.41, 5.74) is 5.77. The minimum absolute atomic E-state index is 0.283. The van der Waals surface area contributed by atoms with E-state index >= 15 is 0 Å². The number of anilines is 2. The zero-order valence-electron chi connectivity index (χ0n) is 17.1. The van der Waals surface area contributed by atoms with Gasteiger partial charge in [-0.2, -0.15) is 0 Å². The predicted octanol–water partition coefficient (Wildman–Crippen LogP) is 5.48. The minimum Gasteiger partial charge on any atom is -0.508 e. The van der Waals surface area contributed by atoms with Gasteiger partial charge in [0.2, 0.25) is 0 Å². The van der Waals surface area contributed by atoms with Gasteiger partial charge >= 0.3 is 0 Å². The highest BCUT2D eigenvalue weighted by molar-refractivity contribution is 5.58. The Bertz CT molecular complexity index is 859. The molecule has 2 N–H and O–H groups in total. The lowest BCUT2D eigenvalue weighted by Gasteiger charge is -2.59. The Morgan fingerprint density at radius 1 is 1.07 bits per heavy atom. The van der Waals surface area contributed by atoms with Gasteiger partial charge in [-0.3, -0.25) is 0 Å². The van der Waals surface area contributed by atoms with E-state index in [1.807, 2.05) is 6.07 Å². The fraction of sp³-hybridized carbons (Fsp3) is 0.520. The maximum Gasteiger partial charge on any atom is 0.115 e. The first-order valence-electron chi connectivity index (χ1n) is 11.0. The number of fused-ring (bicyclic) bond motifs is 1. The van der Waals surface area contributed by atoms with E-state index in [9.17, 15) is 5.11 Å². The number of piperidine rings is 1. The molecular formula is C25H32N2O. The number of nitrogens with one attached hydrogen (secondary N) is 1. The normalized spacial score (nSPS) is 28.6. The highest BCUT2D eigenvalue weighted by Gasteiger charge is 2.53. The van der Waals surface area contributed by atoms with Gasteiger partial charge in [0, 0.05) is 35.4 Å². The van der Waals surface area contributed by atoms with Crippen LogP contribution in [0, 0.1) is 5.92 Å². The molecule has 0 aromatic heterocycles. The number of nitrogens with zero attached hydrogens (tertiary/aromatic N) is 1. The van der Waals surface area contributed by atoms with Crippen LogP contribution >= 0.6 is 0 Å². The highest BCUT2D eigenvalue weighted by atomic mass is 16.3. The lowest BCUT2D eigenvalue weighted by atomic mass is 9.52. The van der Waals surface area contributed by atoms with Crippen molar-refractivity contribution in [1.29, 1.82) is 0 Å². The zero-order valence-corrected chi connectivity index (χ0v) is 17.1. The standard InChI is InChI=1S/C25H32N2O/c1-17(2)26-19-7-9-20(10-8-19)27-14-13-25-12-4-3-5-22(25)24(27)15-18-6-11-21(28)16-23(18)25/h6-11,16-17,22,24,26,28H,3-5,12-15H2,1-2H3/t22-,24+,25+/m1/s1. The maximum atomic E-state index is 10.2. The molecule has 1 heterocycles. The van der Waals surface area contributed by atoms with Crippen molar-refractivity contribution < 1.29 is 5.11 Å². The number of phenolic OH excluding ortho intramolecular Hbond substituents is 1. The van der Waals surface area contributed by atoms with Crippen LogP contribution in [0.2, 0.25) is 0 Å². The second-order valence-corrected chi connectivity index (χ2v) is 9.41. The Kier molecular flexibility index (Phi) is 4.30. The predicted molar refractivity (Wildman–Crippen MR) is 116 cm³/mol. The molecule has 2 bridgehead atoms. The molecule has 1 aliphatic heterocycles. The van der Waals surface area contributed by atoms with Crippen LogP contribution in [-0.2, 0) is 11.8 Å². The third-order valence-corrected chi connectivity index (χ3v) is 7.47. The quantitative estimate of drug-likeness (QED) is 0.745. The fourth-order valence-corrected chi connectivity index (χ4v) is 6.40. The van der Waals surface area contributed by atoms with Crippen LogP contribution in [0.1, 0.15) is 57.1 Å². The third kappa shape index (κ3) is 2.78. The smallest absolute Gasteiger partial charge is 0.115 e. The van der Waals surface area contributed by atoms with Gasteiger partial charge in [0.25, 0.3) is 0 Å². The van der Waals surface area contributed by atoms with Gasteiger partial charge in [0.1, 0.15) is 5.75 Å². The van der Waals surface area contributed by atoms with Crippen molar-refractivity contribution in [3.05, 3.63) is 53.6 Å². The molecule has 3 heteroatoms. The van der Waals surface area contributed by atoms with Crippen LogP contribution in [0.15, 0.2) is 42.5 Å². The molecule has 2 aromatic rings. The molecule has 0 radical (unpaired) electrons. The van der Waals surface area contributed by atoms with Crippen molar-refractivity contribution in [2.75, 3.05) is 16.8 Å². The molecule has 28 heavy (non-hydrogen) atoms. The van der Waals surface area contributed by atoms with E-state index in [2.05, 4.69) is 60.5 Å². The third-order valence-electron chi connectivity index (χ3n) is 7.47. The molecule has 3 aliphatic rings. The minimum atomic E-state index is 0.283. The Labute approximate surface area is 168 Å². The summed E-state index contributed by atoms with van der Waals surface area (Å²) in [6, 6.07) is 16.2. The molecular weight excluding hydrogens is 344 g/mol. The van der Waals surface area contributed by atoms with Crippen LogP contribution in [-0.4, -0.2) is 23.7 Å². The molecule has 2 fully saturated rings. The summed E-state index contributed by atoms with van der Waals surface area (Å²) in [4.78, 5) is 2.68. The number of rotatable bonds is 3. The van der Waals surface area contributed by atoms with E-state index in [0.29, 0.717) is 23.8 Å². The summed E-state index contributed by atoms with van der Waals surface area (Å²) >= 11 is 0. The maximum absolute atomic E-state index is 10.2.